The first kappa shape index (κ1) is 20.0. The molecular formula is C24H19N3O4. The Morgan fingerprint density at radius 1 is 0.968 bits per heavy atom. The Kier molecular flexibility index (Phi) is 5.57. The highest BCUT2D eigenvalue weighted by Crippen LogP contribution is 2.14. The topological polar surface area (TPSA) is 101 Å². The zero-order valence-electron chi connectivity index (χ0n) is 16.5. The first-order valence-electron chi connectivity index (χ1n) is 9.64. The molecule has 7 heteroatoms. The number of aromatic nitrogens is 2. The summed E-state index contributed by atoms with van der Waals surface area (Å²) in [6.07, 6.45) is 5.04. The van der Waals surface area contributed by atoms with Gasteiger partial charge in [-0.05, 0) is 52.9 Å². The molecule has 0 spiro atoms. The Hall–Kier alpha value is -4.26. The normalized spacial score (nSPS) is 10.7. The van der Waals surface area contributed by atoms with E-state index in [1.165, 1.54) is 16.7 Å². The maximum atomic E-state index is 13.0. The monoisotopic (exact) mass is 413 g/mol. The summed E-state index contributed by atoms with van der Waals surface area (Å²) in [5.41, 5.74) is 2.06. The number of hydrogen-bond donors (Lipinski definition) is 2. The van der Waals surface area contributed by atoms with Crippen LogP contribution in [-0.4, -0.2) is 26.5 Å². The summed E-state index contributed by atoms with van der Waals surface area (Å²) in [5, 5.41) is 13.0. The van der Waals surface area contributed by atoms with Gasteiger partial charge in [0.15, 0.2) is 0 Å². The highest BCUT2D eigenvalue weighted by Gasteiger charge is 2.10. The number of aromatic carboxylic acids is 1. The fraction of sp³-hybridized carbons (Fsp3) is 0.0833. The van der Waals surface area contributed by atoms with E-state index < -0.39 is 5.97 Å². The third-order valence-electron chi connectivity index (χ3n) is 4.97. The fourth-order valence-corrected chi connectivity index (χ4v) is 3.28. The number of carbonyl (C=O) groups is 2. The molecule has 0 radical (unpaired) electrons. The van der Waals surface area contributed by atoms with Crippen LogP contribution < -0.4 is 10.9 Å². The van der Waals surface area contributed by atoms with Crippen LogP contribution in [0.15, 0.2) is 84.0 Å². The number of amides is 1. The van der Waals surface area contributed by atoms with Gasteiger partial charge in [-0.15, -0.1) is 0 Å². The van der Waals surface area contributed by atoms with Crippen molar-refractivity contribution in [3.05, 3.63) is 112 Å². The summed E-state index contributed by atoms with van der Waals surface area (Å²) in [7, 11) is 0. The van der Waals surface area contributed by atoms with Gasteiger partial charge in [0.1, 0.15) is 0 Å². The van der Waals surface area contributed by atoms with Crippen LogP contribution in [0.2, 0.25) is 0 Å². The van der Waals surface area contributed by atoms with Gasteiger partial charge in [0.25, 0.3) is 11.5 Å². The van der Waals surface area contributed by atoms with Gasteiger partial charge in [-0.3, -0.25) is 14.6 Å². The zero-order chi connectivity index (χ0) is 21.8. The summed E-state index contributed by atoms with van der Waals surface area (Å²) in [5.74, 6) is -1.27. The maximum absolute atomic E-state index is 13.0. The second-order valence-electron chi connectivity index (χ2n) is 7.10. The summed E-state index contributed by atoms with van der Waals surface area (Å²) in [6, 6.07) is 16.9. The standard InChI is InChI=1S/C24H19N3O4/c28-22(26-14-17-2-1-10-25-13-17)20-8-7-18-9-11-27(23(29)21(18)12-20)15-16-3-5-19(6-4-16)24(30)31/h1-13H,14-15H2,(H,26,28)(H,30,31). The van der Waals surface area contributed by atoms with E-state index in [1.807, 2.05) is 12.1 Å². The molecule has 0 fully saturated rings. The van der Waals surface area contributed by atoms with Crippen molar-refractivity contribution in [2.24, 2.45) is 0 Å². The molecule has 0 aliphatic carbocycles. The Bertz CT molecular complexity index is 1310. The molecule has 4 rings (SSSR count). The summed E-state index contributed by atoms with van der Waals surface area (Å²) in [4.78, 5) is 40.6. The van der Waals surface area contributed by atoms with Crippen LogP contribution in [0.25, 0.3) is 10.8 Å². The molecule has 0 aliphatic rings. The van der Waals surface area contributed by atoms with Gasteiger partial charge >= 0.3 is 5.97 Å². The average Bonchev–Trinajstić information content (AvgIpc) is 2.80. The lowest BCUT2D eigenvalue weighted by molar-refractivity contribution is 0.0696. The molecule has 0 saturated heterocycles. The van der Waals surface area contributed by atoms with Crippen LogP contribution in [-0.2, 0) is 13.1 Å². The summed E-state index contributed by atoms with van der Waals surface area (Å²) in [6.45, 7) is 0.641. The van der Waals surface area contributed by atoms with Crippen LogP contribution in [0.4, 0.5) is 0 Å². The highest BCUT2D eigenvalue weighted by atomic mass is 16.4. The van der Waals surface area contributed by atoms with E-state index in [9.17, 15) is 14.4 Å². The average molecular weight is 413 g/mol. The second kappa shape index (κ2) is 8.62. The summed E-state index contributed by atoms with van der Waals surface area (Å²) < 4.78 is 1.54. The molecule has 2 N–H and O–H groups in total. The van der Waals surface area contributed by atoms with E-state index in [4.69, 9.17) is 5.11 Å². The third-order valence-corrected chi connectivity index (χ3v) is 4.97. The van der Waals surface area contributed by atoms with Gasteiger partial charge in [0.2, 0.25) is 0 Å². The molecule has 0 unspecified atom stereocenters. The molecule has 154 valence electrons. The van der Waals surface area contributed by atoms with Gasteiger partial charge in [0.05, 0.1) is 12.1 Å². The van der Waals surface area contributed by atoms with Gasteiger partial charge < -0.3 is 15.0 Å². The van der Waals surface area contributed by atoms with E-state index in [0.29, 0.717) is 24.0 Å². The minimum absolute atomic E-state index is 0.191. The molecule has 2 aromatic carbocycles. The van der Waals surface area contributed by atoms with Crippen LogP contribution in [0, 0.1) is 0 Å². The highest BCUT2D eigenvalue weighted by molar-refractivity contribution is 5.98. The zero-order valence-corrected chi connectivity index (χ0v) is 16.5. The molecule has 1 amide bonds. The van der Waals surface area contributed by atoms with Gasteiger partial charge in [-0.1, -0.05) is 24.3 Å². The number of benzene rings is 2. The van der Waals surface area contributed by atoms with Crippen molar-refractivity contribution in [3.63, 3.8) is 0 Å². The lowest BCUT2D eigenvalue weighted by Crippen LogP contribution is -2.24. The van der Waals surface area contributed by atoms with E-state index in [2.05, 4.69) is 10.3 Å². The Morgan fingerprint density at radius 2 is 1.74 bits per heavy atom. The van der Waals surface area contributed by atoms with E-state index in [0.717, 1.165) is 16.5 Å². The number of pyridine rings is 2. The number of fused-ring (bicyclic) bond motifs is 1. The number of carbonyl (C=O) groups excluding carboxylic acids is 1. The van der Waals surface area contributed by atoms with Crippen LogP contribution in [0.5, 0.6) is 0 Å². The number of nitrogens with zero attached hydrogens (tertiary/aromatic N) is 2. The van der Waals surface area contributed by atoms with Crippen molar-refractivity contribution in [1.29, 1.82) is 0 Å². The van der Waals surface area contributed by atoms with Gasteiger partial charge in [0, 0.05) is 36.1 Å². The predicted molar refractivity (Wildman–Crippen MR) is 116 cm³/mol. The first-order chi connectivity index (χ1) is 15.0. The van der Waals surface area contributed by atoms with Crippen LogP contribution in [0.3, 0.4) is 0 Å². The van der Waals surface area contributed by atoms with Crippen molar-refractivity contribution in [3.8, 4) is 0 Å². The molecule has 0 bridgehead atoms. The van der Waals surface area contributed by atoms with Crippen molar-refractivity contribution < 1.29 is 14.7 Å². The van der Waals surface area contributed by atoms with Crippen molar-refractivity contribution >= 4 is 22.6 Å². The molecule has 2 aromatic heterocycles. The number of carboxylic acid groups (broad SMARTS) is 1. The van der Waals surface area contributed by atoms with E-state index >= 15 is 0 Å². The molecule has 31 heavy (non-hydrogen) atoms. The SMILES string of the molecule is O=C(O)c1ccc(Cn2ccc3ccc(C(=O)NCc4cccnc4)cc3c2=O)cc1. The maximum Gasteiger partial charge on any atom is 0.335 e. The van der Waals surface area contributed by atoms with Crippen molar-refractivity contribution in [2.75, 3.05) is 0 Å². The second-order valence-corrected chi connectivity index (χ2v) is 7.10. The van der Waals surface area contributed by atoms with Gasteiger partial charge in [-0.2, -0.15) is 0 Å². The lowest BCUT2D eigenvalue weighted by Gasteiger charge is -2.09. The fourth-order valence-electron chi connectivity index (χ4n) is 3.28. The molecule has 0 atom stereocenters. The molecule has 2 heterocycles. The van der Waals surface area contributed by atoms with Crippen molar-refractivity contribution in [1.82, 2.24) is 14.9 Å². The molecular weight excluding hydrogens is 394 g/mol. The first-order valence-corrected chi connectivity index (χ1v) is 9.64. The third kappa shape index (κ3) is 4.51. The predicted octanol–water partition coefficient (Wildman–Crippen LogP) is 3.07. The lowest BCUT2D eigenvalue weighted by atomic mass is 10.1. The van der Waals surface area contributed by atoms with Crippen LogP contribution in [0.1, 0.15) is 31.8 Å². The Labute approximate surface area is 177 Å². The van der Waals surface area contributed by atoms with Crippen molar-refractivity contribution in [2.45, 2.75) is 13.1 Å². The number of carboxylic acids is 1. The van der Waals surface area contributed by atoms with Gasteiger partial charge in [-0.25, -0.2) is 4.79 Å². The minimum atomic E-state index is -0.997. The molecule has 7 nitrogen and oxygen atoms in total. The smallest absolute Gasteiger partial charge is 0.335 e. The number of nitrogens with one attached hydrogen (secondary N) is 1. The summed E-state index contributed by atoms with van der Waals surface area (Å²) >= 11 is 0. The van der Waals surface area contributed by atoms with E-state index in [-0.39, 0.29) is 17.0 Å². The Morgan fingerprint density at radius 3 is 2.45 bits per heavy atom. The van der Waals surface area contributed by atoms with E-state index in [1.54, 1.807) is 55.0 Å². The quantitative estimate of drug-likeness (QED) is 0.506. The van der Waals surface area contributed by atoms with Crippen LogP contribution >= 0.6 is 0 Å². The Balaban J connectivity index is 1.57. The molecule has 0 saturated carbocycles. The number of hydrogen-bond acceptors (Lipinski definition) is 4. The number of rotatable bonds is 6. The molecule has 0 aliphatic heterocycles. The minimum Gasteiger partial charge on any atom is -0.478 e. The molecule has 4 aromatic rings. The largest absolute Gasteiger partial charge is 0.478 e.